The zero-order valence-corrected chi connectivity index (χ0v) is 12.0. The van der Waals surface area contributed by atoms with E-state index in [9.17, 15) is 0 Å². The molecule has 3 atom stereocenters. The molecule has 0 aliphatic heterocycles. The van der Waals surface area contributed by atoms with Crippen LogP contribution in [-0.2, 0) is 6.54 Å². The molecule has 1 heterocycles. The second-order valence-corrected chi connectivity index (χ2v) is 6.24. The van der Waals surface area contributed by atoms with Crippen molar-refractivity contribution in [1.29, 1.82) is 0 Å². The molecular weight excluding hydrogens is 256 g/mol. The van der Waals surface area contributed by atoms with Gasteiger partial charge in [-0.3, -0.25) is 0 Å². The molecule has 104 valence electrons. The third kappa shape index (κ3) is 3.26. The molecule has 4 nitrogen and oxygen atoms in total. The first-order valence-electron chi connectivity index (χ1n) is 7.31. The Bertz CT molecular complexity index is 417. The first kappa shape index (κ1) is 12.9. The van der Waals surface area contributed by atoms with Gasteiger partial charge in [0.05, 0.1) is 6.33 Å². The molecule has 2 aliphatic carbocycles. The predicted molar refractivity (Wildman–Crippen MR) is 79.8 cm³/mol. The Kier molecular flexibility index (Phi) is 4.01. The van der Waals surface area contributed by atoms with Crippen LogP contribution in [0.4, 0.5) is 0 Å². The molecule has 3 rings (SSSR count). The largest absolute Gasteiger partial charge is 0.363 e. The molecule has 0 saturated heterocycles. The van der Waals surface area contributed by atoms with Crippen LogP contribution in [0.3, 0.4) is 0 Å². The first-order chi connectivity index (χ1) is 9.31. The number of nitrogens with one attached hydrogen (secondary N) is 2. The van der Waals surface area contributed by atoms with E-state index < -0.39 is 0 Å². The number of rotatable bonds is 5. The zero-order valence-electron chi connectivity index (χ0n) is 11.2. The molecule has 2 bridgehead atoms. The smallest absolute Gasteiger partial charge is 0.166 e. The Morgan fingerprint density at radius 2 is 2.32 bits per heavy atom. The van der Waals surface area contributed by atoms with Gasteiger partial charge in [-0.25, -0.2) is 4.98 Å². The van der Waals surface area contributed by atoms with Gasteiger partial charge in [0.1, 0.15) is 0 Å². The number of aromatic nitrogens is 2. The van der Waals surface area contributed by atoms with Gasteiger partial charge in [0.15, 0.2) is 5.11 Å². The van der Waals surface area contributed by atoms with E-state index in [-0.39, 0.29) is 0 Å². The van der Waals surface area contributed by atoms with Crippen LogP contribution in [0.2, 0.25) is 0 Å². The van der Waals surface area contributed by atoms with Crippen molar-refractivity contribution < 1.29 is 0 Å². The van der Waals surface area contributed by atoms with Gasteiger partial charge in [0.25, 0.3) is 0 Å². The van der Waals surface area contributed by atoms with Gasteiger partial charge in [-0.1, -0.05) is 6.42 Å². The Labute approximate surface area is 120 Å². The van der Waals surface area contributed by atoms with Gasteiger partial charge in [-0.15, -0.1) is 0 Å². The monoisotopic (exact) mass is 278 g/mol. The third-order valence-corrected chi connectivity index (χ3v) is 4.75. The number of hydrogen-bond donors (Lipinski definition) is 2. The highest BCUT2D eigenvalue weighted by Crippen LogP contribution is 2.44. The summed E-state index contributed by atoms with van der Waals surface area (Å²) in [5.41, 5.74) is 0. The van der Waals surface area contributed by atoms with Crippen LogP contribution in [-0.4, -0.2) is 27.3 Å². The molecule has 19 heavy (non-hydrogen) atoms. The molecule has 0 unspecified atom stereocenters. The van der Waals surface area contributed by atoms with Gasteiger partial charge in [0, 0.05) is 31.5 Å². The second kappa shape index (κ2) is 5.90. The molecule has 0 aromatic carbocycles. The van der Waals surface area contributed by atoms with Crippen molar-refractivity contribution in [2.24, 2.45) is 11.8 Å². The fraction of sp³-hybridized carbons (Fsp3) is 0.714. The normalized spacial score (nSPS) is 28.5. The molecule has 0 spiro atoms. The lowest BCUT2D eigenvalue weighted by atomic mass is 9.96. The summed E-state index contributed by atoms with van der Waals surface area (Å²) in [4.78, 5) is 4.03. The Morgan fingerprint density at radius 1 is 1.37 bits per heavy atom. The molecular formula is C14H22N4S. The van der Waals surface area contributed by atoms with Gasteiger partial charge in [0.2, 0.25) is 0 Å². The van der Waals surface area contributed by atoms with Crippen molar-refractivity contribution in [1.82, 2.24) is 20.2 Å². The molecule has 2 fully saturated rings. The first-order valence-corrected chi connectivity index (χ1v) is 7.72. The summed E-state index contributed by atoms with van der Waals surface area (Å²) in [5, 5.41) is 7.66. The summed E-state index contributed by atoms with van der Waals surface area (Å²) in [6.45, 7) is 1.91. The van der Waals surface area contributed by atoms with Crippen molar-refractivity contribution in [3.8, 4) is 0 Å². The number of hydrogen-bond acceptors (Lipinski definition) is 2. The van der Waals surface area contributed by atoms with Crippen LogP contribution < -0.4 is 10.6 Å². The molecule has 2 saturated carbocycles. The van der Waals surface area contributed by atoms with Gasteiger partial charge < -0.3 is 15.2 Å². The maximum Gasteiger partial charge on any atom is 0.166 e. The lowest BCUT2D eigenvalue weighted by molar-refractivity contribution is 0.389. The van der Waals surface area contributed by atoms with Gasteiger partial charge in [-0.05, 0) is 49.7 Å². The van der Waals surface area contributed by atoms with Crippen LogP contribution >= 0.6 is 12.2 Å². The Balaban J connectivity index is 1.31. The minimum absolute atomic E-state index is 0.632. The summed E-state index contributed by atoms with van der Waals surface area (Å²) in [6, 6.07) is 0.632. The summed E-state index contributed by atoms with van der Waals surface area (Å²) in [7, 11) is 0. The maximum absolute atomic E-state index is 5.38. The average Bonchev–Trinajstić information content (AvgIpc) is 3.11. The minimum atomic E-state index is 0.632. The summed E-state index contributed by atoms with van der Waals surface area (Å²) >= 11 is 5.38. The summed E-state index contributed by atoms with van der Waals surface area (Å²) in [5.74, 6) is 1.84. The Hall–Kier alpha value is -1.10. The van der Waals surface area contributed by atoms with E-state index in [1.54, 1.807) is 0 Å². The Morgan fingerprint density at radius 3 is 3.00 bits per heavy atom. The van der Waals surface area contributed by atoms with Crippen LogP contribution in [0.5, 0.6) is 0 Å². The lowest BCUT2D eigenvalue weighted by Gasteiger charge is -2.24. The molecule has 2 N–H and O–H groups in total. The van der Waals surface area contributed by atoms with E-state index in [2.05, 4.69) is 20.2 Å². The molecule has 0 amide bonds. The molecule has 2 aliphatic rings. The van der Waals surface area contributed by atoms with Crippen LogP contribution in [0.25, 0.3) is 0 Å². The van der Waals surface area contributed by atoms with Crippen LogP contribution in [0.1, 0.15) is 32.1 Å². The zero-order chi connectivity index (χ0) is 13.1. The maximum atomic E-state index is 5.38. The van der Waals surface area contributed by atoms with Crippen molar-refractivity contribution in [2.45, 2.75) is 44.7 Å². The molecule has 1 aromatic heterocycles. The van der Waals surface area contributed by atoms with Crippen LogP contribution in [0, 0.1) is 11.8 Å². The van der Waals surface area contributed by atoms with Gasteiger partial charge >= 0.3 is 0 Å². The summed E-state index contributed by atoms with van der Waals surface area (Å²) < 4.78 is 2.09. The highest BCUT2D eigenvalue weighted by Gasteiger charge is 2.39. The van der Waals surface area contributed by atoms with E-state index in [0.29, 0.717) is 6.04 Å². The highest BCUT2D eigenvalue weighted by molar-refractivity contribution is 7.80. The second-order valence-electron chi connectivity index (χ2n) is 5.84. The fourth-order valence-corrected chi connectivity index (χ4v) is 3.78. The number of thiocarbonyl (C=S) groups is 1. The number of aryl methyl sites for hydroxylation is 1. The van der Waals surface area contributed by atoms with Crippen LogP contribution in [0.15, 0.2) is 18.7 Å². The average molecular weight is 278 g/mol. The minimum Gasteiger partial charge on any atom is -0.363 e. The SMILES string of the molecule is S=C(NCCCn1ccnc1)N[C@H]1C[C@@H]2CC[C@@H]1C2. The predicted octanol–water partition coefficient (Wildman–Crippen LogP) is 1.93. The van der Waals surface area contributed by atoms with E-state index in [4.69, 9.17) is 12.2 Å². The highest BCUT2D eigenvalue weighted by atomic mass is 32.1. The number of imidazole rings is 1. The lowest BCUT2D eigenvalue weighted by Crippen LogP contribution is -2.44. The van der Waals surface area contributed by atoms with Crippen molar-refractivity contribution in [2.75, 3.05) is 6.54 Å². The number of fused-ring (bicyclic) bond motifs is 2. The van der Waals surface area contributed by atoms with Crippen molar-refractivity contribution >= 4 is 17.3 Å². The van der Waals surface area contributed by atoms with E-state index in [0.717, 1.165) is 36.5 Å². The third-order valence-electron chi connectivity index (χ3n) is 4.49. The molecule has 0 radical (unpaired) electrons. The standard InChI is InChI=1S/C14H22N4S/c19-14(16-4-1-6-18-7-5-15-10-18)17-13-9-11-2-3-12(13)8-11/h5,7,10-13H,1-4,6,8-9H2,(H2,16,17,19)/t11-,12-,13+/m1/s1. The topological polar surface area (TPSA) is 41.9 Å². The molecule has 5 heteroatoms. The fourth-order valence-electron chi connectivity index (χ4n) is 3.52. The van der Waals surface area contributed by atoms with E-state index in [1.165, 1.54) is 25.7 Å². The summed E-state index contributed by atoms with van der Waals surface area (Å²) in [6.07, 6.45) is 12.3. The van der Waals surface area contributed by atoms with E-state index >= 15 is 0 Å². The van der Waals surface area contributed by atoms with E-state index in [1.807, 2.05) is 18.7 Å². The molecule has 1 aromatic rings. The quantitative estimate of drug-likeness (QED) is 0.638. The van der Waals surface area contributed by atoms with Crippen molar-refractivity contribution in [3.05, 3.63) is 18.7 Å². The van der Waals surface area contributed by atoms with Crippen molar-refractivity contribution in [3.63, 3.8) is 0 Å². The number of nitrogens with zero attached hydrogens (tertiary/aromatic N) is 2. The van der Waals surface area contributed by atoms with Gasteiger partial charge in [-0.2, -0.15) is 0 Å².